The fourth-order valence-electron chi connectivity index (χ4n) is 3.66. The van der Waals surface area contributed by atoms with Crippen LogP contribution in [-0.2, 0) is 14.3 Å². The molecule has 0 bridgehead atoms. The largest absolute Gasteiger partial charge is 0.497 e. The van der Waals surface area contributed by atoms with E-state index in [0.29, 0.717) is 28.5 Å². The average Bonchev–Trinajstić information content (AvgIpc) is 3.31. The summed E-state index contributed by atoms with van der Waals surface area (Å²) in [6, 6.07) is 14.0. The molecule has 1 N–H and O–H groups in total. The number of carbonyl (C=O) groups excluding carboxylic acids is 2. The summed E-state index contributed by atoms with van der Waals surface area (Å²) in [4.78, 5) is 31.5. The van der Waals surface area contributed by atoms with Gasteiger partial charge in [0.15, 0.2) is 11.8 Å². The second-order valence-electron chi connectivity index (χ2n) is 7.46. The Balaban J connectivity index is 1.44. The third-order valence-electron chi connectivity index (χ3n) is 5.26. The molecular formula is C25H25N3O5S. The molecule has 1 atom stereocenters. The van der Waals surface area contributed by atoms with Crippen LogP contribution in [0.4, 0.5) is 5.69 Å². The van der Waals surface area contributed by atoms with Crippen LogP contribution in [0.25, 0.3) is 0 Å². The SMILES string of the molecule is CCOC(=O)C1=C(C)N=C2SC=CN2[C@H]1c1ccc(OCC(=O)Nc2ccc(OC)cc2)cc1. The molecule has 1 amide bonds. The summed E-state index contributed by atoms with van der Waals surface area (Å²) in [5, 5.41) is 5.53. The average molecular weight is 480 g/mol. The molecule has 34 heavy (non-hydrogen) atoms. The predicted octanol–water partition coefficient (Wildman–Crippen LogP) is 4.48. The van der Waals surface area contributed by atoms with E-state index in [0.717, 1.165) is 10.7 Å². The van der Waals surface area contributed by atoms with Crippen molar-refractivity contribution >= 4 is 34.5 Å². The summed E-state index contributed by atoms with van der Waals surface area (Å²) < 4.78 is 16.1. The normalized spacial score (nSPS) is 16.6. The Morgan fingerprint density at radius 2 is 1.79 bits per heavy atom. The lowest BCUT2D eigenvalue weighted by atomic mass is 9.95. The van der Waals surface area contributed by atoms with E-state index in [2.05, 4.69) is 10.3 Å². The number of rotatable bonds is 8. The van der Waals surface area contributed by atoms with Gasteiger partial charge in [0.05, 0.1) is 31.0 Å². The van der Waals surface area contributed by atoms with Gasteiger partial charge in [-0.05, 0) is 61.2 Å². The number of amidine groups is 1. The first kappa shape index (κ1) is 23.4. The van der Waals surface area contributed by atoms with Gasteiger partial charge in [0, 0.05) is 11.9 Å². The van der Waals surface area contributed by atoms with Crippen molar-refractivity contribution in [2.75, 3.05) is 25.6 Å². The Kier molecular flexibility index (Phi) is 7.22. The lowest BCUT2D eigenvalue weighted by Gasteiger charge is -2.33. The topological polar surface area (TPSA) is 89.5 Å². The first-order valence-electron chi connectivity index (χ1n) is 10.7. The van der Waals surface area contributed by atoms with Gasteiger partial charge in [-0.2, -0.15) is 0 Å². The number of nitrogens with zero attached hydrogens (tertiary/aromatic N) is 2. The van der Waals surface area contributed by atoms with E-state index in [1.165, 1.54) is 11.8 Å². The van der Waals surface area contributed by atoms with Crippen LogP contribution < -0.4 is 14.8 Å². The van der Waals surface area contributed by atoms with Crippen molar-refractivity contribution in [2.45, 2.75) is 19.9 Å². The Hall–Kier alpha value is -3.72. The molecule has 0 saturated carbocycles. The van der Waals surface area contributed by atoms with Crippen LogP contribution in [0.2, 0.25) is 0 Å². The van der Waals surface area contributed by atoms with E-state index >= 15 is 0 Å². The number of allylic oxidation sites excluding steroid dienone is 1. The smallest absolute Gasteiger partial charge is 0.338 e. The van der Waals surface area contributed by atoms with E-state index in [1.54, 1.807) is 50.4 Å². The lowest BCUT2D eigenvalue weighted by molar-refractivity contribution is -0.139. The summed E-state index contributed by atoms with van der Waals surface area (Å²) in [6.07, 6.45) is 1.91. The Morgan fingerprint density at radius 3 is 2.47 bits per heavy atom. The summed E-state index contributed by atoms with van der Waals surface area (Å²) in [7, 11) is 1.59. The first-order valence-corrected chi connectivity index (χ1v) is 11.6. The highest BCUT2D eigenvalue weighted by atomic mass is 32.2. The minimum Gasteiger partial charge on any atom is -0.497 e. The molecule has 9 heteroatoms. The number of esters is 1. The number of fused-ring (bicyclic) bond motifs is 1. The molecular weight excluding hydrogens is 454 g/mol. The number of ether oxygens (including phenoxy) is 3. The van der Waals surface area contributed by atoms with Gasteiger partial charge in [-0.25, -0.2) is 9.79 Å². The Labute approximate surface area is 202 Å². The molecule has 2 aromatic rings. The third kappa shape index (κ3) is 5.09. The Bertz CT molecular complexity index is 1160. The summed E-state index contributed by atoms with van der Waals surface area (Å²) in [6.45, 7) is 3.75. The summed E-state index contributed by atoms with van der Waals surface area (Å²) >= 11 is 1.51. The van der Waals surface area contributed by atoms with Crippen LogP contribution >= 0.6 is 11.8 Å². The minimum atomic E-state index is -0.381. The van der Waals surface area contributed by atoms with Crippen molar-refractivity contribution in [3.8, 4) is 11.5 Å². The molecule has 0 saturated heterocycles. The number of amides is 1. The van der Waals surface area contributed by atoms with Gasteiger partial charge in [-0.3, -0.25) is 4.79 Å². The van der Waals surface area contributed by atoms with Crippen LogP contribution in [0.3, 0.4) is 0 Å². The lowest BCUT2D eigenvalue weighted by Crippen LogP contribution is -2.34. The highest BCUT2D eigenvalue weighted by Gasteiger charge is 2.37. The number of nitrogens with one attached hydrogen (secondary N) is 1. The molecule has 2 aliphatic rings. The fourth-order valence-corrected chi connectivity index (χ4v) is 4.46. The summed E-state index contributed by atoms with van der Waals surface area (Å²) in [5.74, 6) is 0.603. The van der Waals surface area contributed by atoms with Crippen LogP contribution in [-0.4, -0.2) is 42.3 Å². The molecule has 8 nitrogen and oxygen atoms in total. The maximum atomic E-state index is 12.7. The predicted molar refractivity (Wildman–Crippen MR) is 132 cm³/mol. The van der Waals surface area contributed by atoms with Crippen molar-refractivity contribution in [3.05, 3.63) is 77.0 Å². The number of methoxy groups -OCH3 is 1. The maximum Gasteiger partial charge on any atom is 0.338 e. The molecule has 0 aliphatic carbocycles. The first-order chi connectivity index (χ1) is 16.5. The van der Waals surface area contributed by atoms with Crippen LogP contribution in [0.5, 0.6) is 11.5 Å². The third-order valence-corrected chi connectivity index (χ3v) is 6.03. The highest BCUT2D eigenvalue weighted by molar-refractivity contribution is 8.16. The molecule has 4 rings (SSSR count). The van der Waals surface area contributed by atoms with Crippen LogP contribution in [0.15, 0.2) is 76.4 Å². The van der Waals surface area contributed by atoms with Crippen LogP contribution in [0, 0.1) is 0 Å². The second-order valence-corrected chi connectivity index (χ2v) is 8.33. The molecule has 0 unspecified atom stereocenters. The van der Waals surface area contributed by atoms with Gasteiger partial charge >= 0.3 is 5.97 Å². The van der Waals surface area contributed by atoms with Gasteiger partial charge < -0.3 is 24.4 Å². The van der Waals surface area contributed by atoms with Crippen molar-refractivity contribution in [3.63, 3.8) is 0 Å². The van der Waals surface area contributed by atoms with E-state index < -0.39 is 0 Å². The number of hydrogen-bond acceptors (Lipinski definition) is 8. The molecule has 0 spiro atoms. The van der Waals surface area contributed by atoms with Gasteiger partial charge in [0.25, 0.3) is 5.91 Å². The molecule has 176 valence electrons. The molecule has 2 aromatic carbocycles. The van der Waals surface area contributed by atoms with Crippen molar-refractivity contribution in [1.29, 1.82) is 0 Å². The number of carbonyl (C=O) groups is 2. The Morgan fingerprint density at radius 1 is 1.09 bits per heavy atom. The van der Waals surface area contributed by atoms with E-state index in [-0.39, 0.29) is 31.1 Å². The minimum absolute atomic E-state index is 0.135. The van der Waals surface area contributed by atoms with Crippen LogP contribution in [0.1, 0.15) is 25.5 Å². The van der Waals surface area contributed by atoms with Crippen molar-refractivity contribution < 1.29 is 23.8 Å². The highest BCUT2D eigenvalue weighted by Crippen LogP contribution is 2.41. The molecule has 0 radical (unpaired) electrons. The van der Waals surface area contributed by atoms with E-state index in [1.807, 2.05) is 35.6 Å². The van der Waals surface area contributed by atoms with Gasteiger partial charge in [0.1, 0.15) is 11.5 Å². The van der Waals surface area contributed by atoms with Gasteiger partial charge in [-0.1, -0.05) is 23.9 Å². The maximum absolute atomic E-state index is 12.7. The zero-order valence-corrected chi connectivity index (χ0v) is 19.9. The number of hydrogen-bond donors (Lipinski definition) is 1. The zero-order chi connectivity index (χ0) is 24.1. The van der Waals surface area contributed by atoms with Crippen molar-refractivity contribution in [2.24, 2.45) is 4.99 Å². The second kappa shape index (κ2) is 10.5. The quantitative estimate of drug-likeness (QED) is 0.559. The fraction of sp³-hybridized carbons (Fsp3) is 0.240. The van der Waals surface area contributed by atoms with Crippen molar-refractivity contribution in [1.82, 2.24) is 4.90 Å². The number of aliphatic imine (C=N–C) groups is 1. The van der Waals surface area contributed by atoms with E-state index in [4.69, 9.17) is 14.2 Å². The molecule has 2 aliphatic heterocycles. The molecule has 0 fully saturated rings. The number of thioether (sulfide) groups is 1. The summed E-state index contributed by atoms with van der Waals surface area (Å²) in [5.41, 5.74) is 2.69. The number of anilines is 1. The monoisotopic (exact) mass is 479 g/mol. The zero-order valence-electron chi connectivity index (χ0n) is 19.1. The van der Waals surface area contributed by atoms with Gasteiger partial charge in [-0.15, -0.1) is 0 Å². The molecule has 0 aromatic heterocycles. The standard InChI is InChI=1S/C25H25N3O5S/c1-4-32-24(30)22-16(2)26-25-28(13-14-34-25)23(22)17-5-9-20(10-6-17)33-15-21(29)27-18-7-11-19(31-3)12-8-18/h5-14,23H,4,15H2,1-3H3,(H,27,29)/t23-/m0/s1. The van der Waals surface area contributed by atoms with Gasteiger partial charge in [0.2, 0.25) is 0 Å². The molecule has 2 heterocycles. The number of benzene rings is 2. The van der Waals surface area contributed by atoms with E-state index in [9.17, 15) is 9.59 Å².